The fraction of sp³-hybridized carbons (Fsp3) is 0.379. The quantitative estimate of drug-likeness (QED) is 0.387. The van der Waals surface area contributed by atoms with Gasteiger partial charge in [0.05, 0.1) is 29.7 Å². The lowest BCUT2D eigenvalue weighted by Crippen LogP contribution is -2.65. The van der Waals surface area contributed by atoms with Crippen LogP contribution in [-0.4, -0.2) is 77.2 Å². The molecule has 0 bridgehead atoms. The third-order valence-corrected chi connectivity index (χ3v) is 9.61. The fourth-order valence-electron chi connectivity index (χ4n) is 5.69. The Morgan fingerprint density at radius 3 is 2.10 bits per heavy atom. The molecule has 12 heteroatoms. The van der Waals surface area contributed by atoms with Gasteiger partial charge in [0.2, 0.25) is 0 Å². The first-order chi connectivity index (χ1) is 19.6. The fourth-order valence-corrected chi connectivity index (χ4v) is 7.28. The highest BCUT2D eigenvalue weighted by Crippen LogP contribution is 2.39. The number of halogens is 3. The summed E-state index contributed by atoms with van der Waals surface area (Å²) in [5, 5.41) is 21.7. The van der Waals surface area contributed by atoms with Gasteiger partial charge in [-0.25, -0.2) is 13.3 Å². The van der Waals surface area contributed by atoms with Crippen LogP contribution >= 0.6 is 0 Å². The Hall–Kier alpha value is -3.16. The standard InChI is InChI=1S/C29H33F3N4O4S/c1-33-41(39,23-14-12-22(13-15-23)40-29(30,31)32)34-24-18-35(16-17-37)19-27(28(24)38)36-25-8-4-2-6-20(25)10-11-21-7-3-5-9-26(21)36/h2-9,12-15,24,27-28,37-38H,10-11,16-19H2,1H3,(H,33,34,39). The van der Waals surface area contributed by atoms with Crippen LogP contribution in [0.2, 0.25) is 0 Å². The predicted octanol–water partition coefficient (Wildman–Crippen LogP) is 3.89. The van der Waals surface area contributed by atoms with E-state index in [2.05, 4.69) is 30.9 Å². The van der Waals surface area contributed by atoms with Crippen molar-refractivity contribution in [2.24, 2.45) is 4.36 Å². The molecule has 8 nitrogen and oxygen atoms in total. The number of ether oxygens (including phenoxy) is 1. The topological polar surface area (TPSA) is 97.6 Å². The Morgan fingerprint density at radius 2 is 1.56 bits per heavy atom. The molecule has 220 valence electrons. The minimum absolute atomic E-state index is 0.100. The Labute approximate surface area is 237 Å². The van der Waals surface area contributed by atoms with Gasteiger partial charge in [0, 0.05) is 38.1 Å². The second-order valence-electron chi connectivity index (χ2n) is 10.1. The van der Waals surface area contributed by atoms with Gasteiger partial charge >= 0.3 is 6.36 Å². The Balaban J connectivity index is 1.50. The molecule has 3 N–H and O–H groups in total. The number of likely N-dealkylation sites (tertiary alicyclic amines) is 1. The summed E-state index contributed by atoms with van der Waals surface area (Å²) in [5.74, 6) is -0.440. The molecule has 4 unspecified atom stereocenters. The number of hydrogen-bond acceptors (Lipinski definition) is 7. The summed E-state index contributed by atoms with van der Waals surface area (Å²) < 4.78 is 63.0. The minimum atomic E-state index is -4.85. The smallest absolute Gasteiger partial charge is 0.406 e. The molecule has 2 aliphatic heterocycles. The van der Waals surface area contributed by atoms with Crippen LogP contribution in [0.25, 0.3) is 0 Å². The number of aryl methyl sites for hydroxylation is 2. The van der Waals surface area contributed by atoms with Gasteiger partial charge in [-0.1, -0.05) is 36.4 Å². The van der Waals surface area contributed by atoms with E-state index in [1.54, 1.807) is 0 Å². The summed E-state index contributed by atoms with van der Waals surface area (Å²) in [7, 11) is -1.99. The van der Waals surface area contributed by atoms with Crippen LogP contribution in [0.5, 0.6) is 5.75 Å². The monoisotopic (exact) mass is 590 g/mol. The highest BCUT2D eigenvalue weighted by atomic mass is 32.2. The zero-order valence-corrected chi connectivity index (χ0v) is 23.3. The van der Waals surface area contributed by atoms with Crippen LogP contribution in [0.15, 0.2) is 82.1 Å². The van der Waals surface area contributed by atoms with Crippen molar-refractivity contribution in [3.05, 3.63) is 83.9 Å². The number of alkyl halides is 3. The molecule has 4 atom stereocenters. The Kier molecular flexibility index (Phi) is 8.57. The zero-order valence-electron chi connectivity index (χ0n) is 22.5. The third-order valence-electron chi connectivity index (χ3n) is 7.57. The molecule has 0 spiro atoms. The molecule has 0 aliphatic carbocycles. The summed E-state index contributed by atoms with van der Waals surface area (Å²) in [6.45, 7) is 0.955. The number of piperidine rings is 1. The first-order valence-electron chi connectivity index (χ1n) is 13.4. The molecule has 2 aliphatic rings. The maximum atomic E-state index is 14.0. The predicted molar refractivity (Wildman–Crippen MR) is 151 cm³/mol. The van der Waals surface area contributed by atoms with Gasteiger partial charge in [-0.05, 0) is 60.4 Å². The van der Waals surface area contributed by atoms with E-state index in [9.17, 15) is 27.6 Å². The van der Waals surface area contributed by atoms with E-state index < -0.39 is 40.2 Å². The normalized spacial score (nSPS) is 22.7. The van der Waals surface area contributed by atoms with E-state index in [0.29, 0.717) is 13.1 Å². The van der Waals surface area contributed by atoms with Crippen molar-refractivity contribution < 1.29 is 32.3 Å². The molecule has 41 heavy (non-hydrogen) atoms. The molecular formula is C29H33F3N4O4S. The van der Waals surface area contributed by atoms with Crippen LogP contribution in [0.1, 0.15) is 11.1 Å². The van der Waals surface area contributed by atoms with Crippen molar-refractivity contribution in [2.75, 3.05) is 38.2 Å². The molecular weight excluding hydrogens is 557 g/mol. The van der Waals surface area contributed by atoms with Crippen molar-refractivity contribution in [1.82, 2.24) is 9.62 Å². The molecule has 0 radical (unpaired) electrons. The molecule has 1 saturated heterocycles. The van der Waals surface area contributed by atoms with Crippen molar-refractivity contribution in [1.29, 1.82) is 0 Å². The second kappa shape index (κ2) is 12.0. The van der Waals surface area contributed by atoms with Crippen LogP contribution in [0, 0.1) is 0 Å². The summed E-state index contributed by atoms with van der Waals surface area (Å²) in [6, 6.07) is 19.6. The average molecular weight is 591 g/mol. The number of para-hydroxylation sites is 2. The molecule has 2 heterocycles. The number of fused-ring (bicyclic) bond motifs is 2. The number of hydrogen-bond donors (Lipinski definition) is 3. The van der Waals surface area contributed by atoms with Crippen molar-refractivity contribution >= 4 is 21.3 Å². The van der Waals surface area contributed by atoms with Gasteiger partial charge in [0.1, 0.15) is 15.7 Å². The van der Waals surface area contributed by atoms with Crippen molar-refractivity contribution in [3.8, 4) is 5.75 Å². The maximum absolute atomic E-state index is 14.0. The lowest BCUT2D eigenvalue weighted by molar-refractivity contribution is -0.274. The van der Waals surface area contributed by atoms with Gasteiger partial charge in [-0.2, -0.15) is 0 Å². The number of anilines is 2. The van der Waals surface area contributed by atoms with Crippen LogP contribution < -0.4 is 14.4 Å². The Morgan fingerprint density at radius 1 is 0.976 bits per heavy atom. The largest absolute Gasteiger partial charge is 0.573 e. The minimum Gasteiger partial charge on any atom is -0.406 e. The van der Waals surface area contributed by atoms with E-state index in [4.69, 9.17) is 0 Å². The first-order valence-corrected chi connectivity index (χ1v) is 14.9. The molecule has 0 amide bonds. The number of aliphatic hydroxyl groups excluding tert-OH is 2. The molecule has 3 aromatic rings. The second-order valence-corrected chi connectivity index (χ2v) is 12.2. The number of rotatable bonds is 7. The number of benzene rings is 3. The number of nitrogens with one attached hydrogen (secondary N) is 1. The number of aliphatic hydroxyl groups is 2. The summed E-state index contributed by atoms with van der Waals surface area (Å²) in [6.07, 6.45) is -4.19. The van der Waals surface area contributed by atoms with Crippen LogP contribution in [-0.2, 0) is 22.8 Å². The SMILES string of the molecule is CN=S(=O)(NC1CN(CCO)CC(N2c3ccccc3CCc3ccccc32)C1O)c1ccc(OC(F)(F)F)cc1. The average Bonchev–Trinajstić information content (AvgIpc) is 3.11. The maximum Gasteiger partial charge on any atom is 0.573 e. The molecule has 1 fully saturated rings. The van der Waals surface area contributed by atoms with Crippen molar-refractivity contribution in [3.63, 3.8) is 0 Å². The van der Waals surface area contributed by atoms with Gasteiger partial charge in [-0.3, -0.25) is 4.90 Å². The van der Waals surface area contributed by atoms with Gasteiger partial charge in [0.25, 0.3) is 0 Å². The number of nitrogens with zero attached hydrogens (tertiary/aromatic N) is 3. The van der Waals surface area contributed by atoms with Crippen LogP contribution in [0.4, 0.5) is 24.5 Å². The number of β-amino-alcohol motifs (C(OH)–C–C–N with tert-alkyl or cyclic N) is 1. The molecule has 0 saturated carbocycles. The van der Waals surface area contributed by atoms with Gasteiger partial charge < -0.3 is 19.8 Å². The van der Waals surface area contributed by atoms with E-state index in [-0.39, 0.29) is 18.0 Å². The lowest BCUT2D eigenvalue weighted by Gasteiger charge is -2.47. The third kappa shape index (κ3) is 6.36. The molecule has 3 aromatic carbocycles. The van der Waals surface area contributed by atoms with E-state index in [1.807, 2.05) is 41.3 Å². The highest BCUT2D eigenvalue weighted by Gasteiger charge is 2.42. The zero-order chi connectivity index (χ0) is 29.2. The Bertz CT molecular complexity index is 1430. The van der Waals surface area contributed by atoms with Crippen molar-refractivity contribution in [2.45, 2.75) is 42.3 Å². The molecule has 0 aromatic heterocycles. The lowest BCUT2D eigenvalue weighted by atomic mass is 9.94. The first kappa shape index (κ1) is 29.3. The van der Waals surface area contributed by atoms with Gasteiger partial charge in [0.15, 0.2) is 0 Å². The highest BCUT2D eigenvalue weighted by molar-refractivity contribution is 7.91. The summed E-state index contributed by atoms with van der Waals surface area (Å²) in [4.78, 5) is 4.30. The summed E-state index contributed by atoms with van der Waals surface area (Å²) in [5.41, 5.74) is 4.25. The van der Waals surface area contributed by atoms with E-state index >= 15 is 0 Å². The van der Waals surface area contributed by atoms with E-state index in [1.165, 1.54) is 19.2 Å². The molecule has 5 rings (SSSR count). The summed E-state index contributed by atoms with van der Waals surface area (Å²) >= 11 is 0. The van der Waals surface area contributed by atoms with Gasteiger partial charge in [-0.15, -0.1) is 13.2 Å². The van der Waals surface area contributed by atoms with Crippen LogP contribution in [0.3, 0.4) is 0 Å². The van der Waals surface area contributed by atoms with E-state index in [0.717, 1.165) is 47.5 Å².